The van der Waals surface area contributed by atoms with Crippen molar-refractivity contribution in [3.05, 3.63) is 77.4 Å². The Morgan fingerprint density at radius 2 is 1.33 bits per heavy atom. The zero-order valence-electron chi connectivity index (χ0n) is 17.1. The predicted molar refractivity (Wildman–Crippen MR) is 114 cm³/mol. The van der Waals surface area contributed by atoms with Crippen LogP contribution in [0.1, 0.15) is 16.7 Å². The predicted octanol–water partition coefficient (Wildman–Crippen LogP) is 5.48. The number of benzene rings is 3. The molecule has 0 aliphatic rings. The number of aromatic hydroxyl groups is 2. The maximum atomic E-state index is 13.8. The third-order valence-corrected chi connectivity index (χ3v) is 4.87. The summed E-state index contributed by atoms with van der Waals surface area (Å²) in [5.74, 6) is -0.815. The minimum absolute atomic E-state index is 0.0757. The lowest BCUT2D eigenvalue weighted by Crippen LogP contribution is -2.10. The molecule has 0 bridgehead atoms. The number of aromatic nitrogens is 3. The van der Waals surface area contributed by atoms with Crippen molar-refractivity contribution in [1.29, 1.82) is 5.26 Å². The Labute approximate surface area is 186 Å². The van der Waals surface area contributed by atoms with Crippen LogP contribution in [0.25, 0.3) is 34.2 Å². The molecule has 0 fully saturated rings. The van der Waals surface area contributed by atoms with Crippen LogP contribution in [0.4, 0.5) is 13.2 Å². The summed E-state index contributed by atoms with van der Waals surface area (Å²) in [7, 11) is 0. The van der Waals surface area contributed by atoms with Gasteiger partial charge >= 0.3 is 6.18 Å². The number of phenolic OH excluding ortho intramolecular Hbond substituents is 2. The minimum Gasteiger partial charge on any atom is -0.507 e. The molecule has 4 rings (SSSR count). The highest BCUT2D eigenvalue weighted by Gasteiger charge is 2.35. The molecule has 1 aromatic heterocycles. The molecule has 164 valence electrons. The summed E-state index contributed by atoms with van der Waals surface area (Å²) in [5, 5.41) is 29.7. The topological polar surface area (TPSA) is 103 Å². The van der Waals surface area contributed by atoms with E-state index < -0.39 is 11.7 Å². The van der Waals surface area contributed by atoms with Crippen molar-refractivity contribution in [3.63, 3.8) is 0 Å². The van der Waals surface area contributed by atoms with E-state index in [1.807, 2.05) is 0 Å². The van der Waals surface area contributed by atoms with Crippen molar-refractivity contribution in [1.82, 2.24) is 15.0 Å². The molecule has 2 N–H and O–H groups in total. The van der Waals surface area contributed by atoms with Gasteiger partial charge < -0.3 is 10.2 Å². The van der Waals surface area contributed by atoms with Crippen LogP contribution in [-0.4, -0.2) is 25.2 Å². The van der Waals surface area contributed by atoms with Gasteiger partial charge in [0.1, 0.15) is 11.5 Å². The Kier molecular flexibility index (Phi) is 5.44. The normalized spacial score (nSPS) is 11.2. The Bertz CT molecular complexity index is 1410. The lowest BCUT2D eigenvalue weighted by molar-refractivity contribution is -0.137. The molecule has 9 heteroatoms. The van der Waals surface area contributed by atoms with Crippen LogP contribution in [0.2, 0.25) is 0 Å². The van der Waals surface area contributed by atoms with E-state index in [2.05, 4.69) is 15.0 Å². The number of nitrogens with zero attached hydrogens (tertiary/aromatic N) is 4. The molecule has 0 unspecified atom stereocenters. The second-order valence-electron chi connectivity index (χ2n) is 7.21. The molecule has 0 aliphatic heterocycles. The Morgan fingerprint density at radius 3 is 1.91 bits per heavy atom. The first kappa shape index (κ1) is 21.8. The third kappa shape index (κ3) is 4.32. The SMILES string of the molecule is Cc1ccc(-c2nc(-c3ccccc3O)nc(-c3ccc(C#N)cc3C(F)(F)F)n2)c(O)c1. The molecule has 4 aromatic rings. The number of phenols is 2. The van der Waals surface area contributed by atoms with E-state index >= 15 is 0 Å². The van der Waals surface area contributed by atoms with Crippen LogP contribution in [0.15, 0.2) is 60.7 Å². The first-order chi connectivity index (χ1) is 15.7. The first-order valence-corrected chi connectivity index (χ1v) is 9.63. The summed E-state index contributed by atoms with van der Waals surface area (Å²) in [5.41, 5.74) is -0.502. The van der Waals surface area contributed by atoms with Gasteiger partial charge in [-0.05, 0) is 55.0 Å². The Balaban J connectivity index is 2.03. The van der Waals surface area contributed by atoms with Gasteiger partial charge in [0.15, 0.2) is 17.5 Å². The molecule has 0 aliphatic carbocycles. The first-order valence-electron chi connectivity index (χ1n) is 9.63. The van der Waals surface area contributed by atoms with E-state index in [9.17, 15) is 23.4 Å². The van der Waals surface area contributed by atoms with Crippen molar-refractivity contribution in [2.75, 3.05) is 0 Å². The molecule has 6 nitrogen and oxygen atoms in total. The third-order valence-electron chi connectivity index (χ3n) is 4.87. The lowest BCUT2D eigenvalue weighted by atomic mass is 10.0. The molecule has 0 amide bonds. The molecule has 33 heavy (non-hydrogen) atoms. The van der Waals surface area contributed by atoms with E-state index in [1.54, 1.807) is 37.3 Å². The zero-order valence-corrected chi connectivity index (χ0v) is 17.1. The molecular formula is C24H15F3N4O2. The van der Waals surface area contributed by atoms with Crippen LogP contribution in [-0.2, 0) is 6.18 Å². The number of nitriles is 1. The largest absolute Gasteiger partial charge is 0.507 e. The average molecular weight is 448 g/mol. The number of hydrogen-bond acceptors (Lipinski definition) is 6. The second-order valence-corrected chi connectivity index (χ2v) is 7.21. The molecule has 0 spiro atoms. The van der Waals surface area contributed by atoms with Gasteiger partial charge in [0, 0.05) is 5.56 Å². The fourth-order valence-electron chi connectivity index (χ4n) is 3.27. The second kappa shape index (κ2) is 8.24. The number of rotatable bonds is 3. The molecule has 0 radical (unpaired) electrons. The molecule has 0 atom stereocenters. The maximum Gasteiger partial charge on any atom is 0.417 e. The fraction of sp³-hybridized carbons (Fsp3) is 0.0833. The summed E-state index contributed by atoms with van der Waals surface area (Å²) >= 11 is 0. The van der Waals surface area contributed by atoms with Crippen LogP contribution >= 0.6 is 0 Å². The number of aryl methyl sites for hydroxylation is 1. The van der Waals surface area contributed by atoms with Crippen molar-refractivity contribution in [3.8, 4) is 51.7 Å². The highest BCUT2D eigenvalue weighted by molar-refractivity contribution is 5.73. The number of halogens is 3. The smallest absolute Gasteiger partial charge is 0.417 e. The summed E-state index contributed by atoms with van der Waals surface area (Å²) in [6, 6.07) is 15.6. The number of para-hydroxylation sites is 1. The van der Waals surface area contributed by atoms with Crippen molar-refractivity contribution < 1.29 is 23.4 Å². The highest BCUT2D eigenvalue weighted by Crippen LogP contribution is 2.38. The van der Waals surface area contributed by atoms with Gasteiger partial charge in [-0.1, -0.05) is 18.2 Å². The van der Waals surface area contributed by atoms with Crippen molar-refractivity contribution in [2.24, 2.45) is 0 Å². The Hall–Kier alpha value is -4.45. The van der Waals surface area contributed by atoms with E-state index in [-0.39, 0.29) is 51.2 Å². The van der Waals surface area contributed by atoms with Crippen molar-refractivity contribution in [2.45, 2.75) is 13.1 Å². The Morgan fingerprint density at radius 1 is 0.758 bits per heavy atom. The average Bonchev–Trinajstić information content (AvgIpc) is 2.78. The van der Waals surface area contributed by atoms with Crippen LogP contribution in [0, 0.1) is 18.3 Å². The van der Waals surface area contributed by atoms with Gasteiger partial charge in [-0.25, -0.2) is 15.0 Å². The van der Waals surface area contributed by atoms with Gasteiger partial charge in [0.2, 0.25) is 0 Å². The summed E-state index contributed by atoms with van der Waals surface area (Å²) in [6.07, 6.45) is -4.78. The molecule has 0 saturated heterocycles. The van der Waals surface area contributed by atoms with Gasteiger partial charge in [-0.2, -0.15) is 18.4 Å². The quantitative estimate of drug-likeness (QED) is 0.430. The van der Waals surface area contributed by atoms with E-state index in [0.29, 0.717) is 0 Å². The maximum absolute atomic E-state index is 13.8. The zero-order chi connectivity index (χ0) is 23.8. The monoisotopic (exact) mass is 448 g/mol. The van der Waals surface area contributed by atoms with Gasteiger partial charge in [-0.15, -0.1) is 0 Å². The van der Waals surface area contributed by atoms with Crippen LogP contribution < -0.4 is 0 Å². The lowest BCUT2D eigenvalue weighted by Gasteiger charge is -2.14. The molecule has 1 heterocycles. The highest BCUT2D eigenvalue weighted by atomic mass is 19.4. The van der Waals surface area contributed by atoms with E-state index in [0.717, 1.165) is 17.7 Å². The van der Waals surface area contributed by atoms with E-state index in [4.69, 9.17) is 5.26 Å². The number of hydrogen-bond donors (Lipinski definition) is 2. The summed E-state index contributed by atoms with van der Waals surface area (Å²) < 4.78 is 41.4. The van der Waals surface area contributed by atoms with Crippen LogP contribution in [0.5, 0.6) is 11.5 Å². The summed E-state index contributed by atoms with van der Waals surface area (Å²) in [6.45, 7) is 1.77. The standard InChI is InChI=1S/C24H15F3N4O2/c1-13-6-8-17(20(33)10-13)23-30-21(29-22(31-23)16-4-2-3-5-19(16)32)15-9-7-14(12-28)11-18(15)24(25,26)27/h2-11,32-33H,1H3. The van der Waals surface area contributed by atoms with Gasteiger partial charge in [0.05, 0.1) is 28.3 Å². The van der Waals surface area contributed by atoms with Crippen molar-refractivity contribution >= 4 is 0 Å². The van der Waals surface area contributed by atoms with E-state index in [1.165, 1.54) is 24.3 Å². The van der Waals surface area contributed by atoms with Gasteiger partial charge in [-0.3, -0.25) is 0 Å². The molecule has 0 saturated carbocycles. The van der Waals surface area contributed by atoms with Crippen LogP contribution in [0.3, 0.4) is 0 Å². The minimum atomic E-state index is -4.78. The van der Waals surface area contributed by atoms with Gasteiger partial charge in [0.25, 0.3) is 0 Å². The molecular weight excluding hydrogens is 433 g/mol. The summed E-state index contributed by atoms with van der Waals surface area (Å²) in [4.78, 5) is 12.7. The molecule has 3 aromatic carbocycles. The fourth-order valence-corrected chi connectivity index (χ4v) is 3.27. The number of alkyl halides is 3.